The molecular formula is C17H15FN4S. The fraction of sp³-hybridized carbons (Fsp3) is 0.118. The number of rotatable bonds is 5. The summed E-state index contributed by atoms with van der Waals surface area (Å²) in [7, 11) is 0. The smallest absolute Gasteiger partial charge is 0.206 e. The minimum Gasteiger partial charge on any atom is -0.206 e. The van der Waals surface area contributed by atoms with E-state index in [4.69, 9.17) is 0 Å². The molecule has 4 nitrogen and oxygen atoms in total. The van der Waals surface area contributed by atoms with Crippen molar-refractivity contribution in [2.75, 3.05) is 0 Å². The zero-order valence-electron chi connectivity index (χ0n) is 12.6. The first-order chi connectivity index (χ1) is 11.2. The van der Waals surface area contributed by atoms with E-state index in [1.807, 2.05) is 0 Å². The van der Waals surface area contributed by atoms with E-state index in [0.717, 1.165) is 5.75 Å². The van der Waals surface area contributed by atoms with Crippen molar-refractivity contribution >= 4 is 18.0 Å². The third-order valence-electron chi connectivity index (χ3n) is 3.22. The molecule has 3 aromatic rings. The topological polar surface area (TPSA) is 43.1 Å². The normalized spacial score (nSPS) is 11.2. The minimum absolute atomic E-state index is 0.307. The second-order valence-electron chi connectivity index (χ2n) is 5.00. The fourth-order valence-electron chi connectivity index (χ4n) is 1.93. The Morgan fingerprint density at radius 1 is 1.17 bits per heavy atom. The molecule has 0 spiro atoms. The lowest BCUT2D eigenvalue weighted by molar-refractivity contribution is 0.625. The Morgan fingerprint density at radius 3 is 2.74 bits per heavy atom. The molecule has 0 bridgehead atoms. The van der Waals surface area contributed by atoms with Gasteiger partial charge in [-0.05, 0) is 18.6 Å². The average Bonchev–Trinajstić information content (AvgIpc) is 3.01. The predicted octanol–water partition coefficient (Wildman–Crippen LogP) is 3.90. The van der Waals surface area contributed by atoms with Crippen molar-refractivity contribution in [2.45, 2.75) is 17.8 Å². The van der Waals surface area contributed by atoms with Crippen LogP contribution in [0, 0.1) is 12.7 Å². The molecule has 0 saturated heterocycles. The molecule has 0 atom stereocenters. The molecule has 1 aromatic heterocycles. The van der Waals surface area contributed by atoms with Gasteiger partial charge in [0.05, 0.1) is 6.21 Å². The largest absolute Gasteiger partial charge is 0.212 e. The Kier molecular flexibility index (Phi) is 4.83. The van der Waals surface area contributed by atoms with Crippen LogP contribution in [0.4, 0.5) is 4.39 Å². The maximum atomic E-state index is 13.6. The number of aromatic nitrogens is 3. The van der Waals surface area contributed by atoms with Crippen LogP contribution >= 0.6 is 11.8 Å². The number of halogens is 1. The van der Waals surface area contributed by atoms with E-state index in [9.17, 15) is 4.39 Å². The molecule has 23 heavy (non-hydrogen) atoms. The Bertz CT molecular complexity index is 811. The highest BCUT2D eigenvalue weighted by atomic mass is 32.2. The van der Waals surface area contributed by atoms with Gasteiger partial charge >= 0.3 is 0 Å². The molecule has 6 heteroatoms. The Balaban J connectivity index is 1.70. The molecule has 0 amide bonds. The average molecular weight is 326 g/mol. The minimum atomic E-state index is -0.307. The molecule has 3 rings (SSSR count). The summed E-state index contributed by atoms with van der Waals surface area (Å²) < 4.78 is 15.1. The van der Waals surface area contributed by atoms with Gasteiger partial charge in [-0.15, -0.1) is 10.2 Å². The van der Waals surface area contributed by atoms with Crippen LogP contribution in [-0.2, 0) is 5.75 Å². The molecule has 0 saturated carbocycles. The first-order valence-corrected chi connectivity index (χ1v) is 8.08. The lowest BCUT2D eigenvalue weighted by Crippen LogP contribution is -1.94. The molecule has 0 radical (unpaired) electrons. The van der Waals surface area contributed by atoms with Gasteiger partial charge in [-0.2, -0.15) is 9.78 Å². The van der Waals surface area contributed by atoms with Crippen molar-refractivity contribution in [3.05, 3.63) is 77.4 Å². The Hall–Kier alpha value is -2.47. The summed E-state index contributed by atoms with van der Waals surface area (Å²) in [6, 6.07) is 14.8. The molecule has 0 unspecified atom stereocenters. The van der Waals surface area contributed by atoms with Gasteiger partial charge in [0.1, 0.15) is 12.1 Å². The highest BCUT2D eigenvalue weighted by Gasteiger charge is 2.05. The Labute approximate surface area is 138 Å². The van der Waals surface area contributed by atoms with E-state index < -0.39 is 0 Å². The van der Waals surface area contributed by atoms with Crippen LogP contribution in [0.3, 0.4) is 0 Å². The van der Waals surface area contributed by atoms with Crippen LogP contribution in [0.2, 0.25) is 0 Å². The SMILES string of the molecule is Cc1ccc(CSc2nncn2/N=C/c2ccccc2F)cc1. The second kappa shape index (κ2) is 7.19. The Morgan fingerprint density at radius 2 is 1.96 bits per heavy atom. The number of thioether (sulfide) groups is 1. The van der Waals surface area contributed by atoms with Gasteiger partial charge in [-0.25, -0.2) is 4.39 Å². The standard InChI is InChI=1S/C17H15FN4S/c1-13-6-8-14(9-7-13)11-23-17-21-19-12-22(17)20-10-15-4-2-3-5-16(15)18/h2-10,12H,11H2,1H3/b20-10+. The number of hydrogen-bond acceptors (Lipinski definition) is 4. The van der Waals surface area contributed by atoms with Crippen molar-refractivity contribution in [3.63, 3.8) is 0 Å². The first kappa shape index (κ1) is 15.4. The van der Waals surface area contributed by atoms with Gasteiger partial charge in [0.25, 0.3) is 0 Å². The summed E-state index contributed by atoms with van der Waals surface area (Å²) in [5, 5.41) is 12.8. The van der Waals surface area contributed by atoms with Crippen molar-refractivity contribution in [1.82, 2.24) is 14.9 Å². The van der Waals surface area contributed by atoms with E-state index in [1.165, 1.54) is 41.5 Å². The van der Waals surface area contributed by atoms with Crippen LogP contribution in [0.1, 0.15) is 16.7 Å². The van der Waals surface area contributed by atoms with E-state index >= 15 is 0 Å². The van der Waals surface area contributed by atoms with Crippen LogP contribution in [0.5, 0.6) is 0 Å². The second-order valence-corrected chi connectivity index (χ2v) is 5.94. The summed E-state index contributed by atoms with van der Waals surface area (Å²) in [4.78, 5) is 0. The first-order valence-electron chi connectivity index (χ1n) is 7.09. The van der Waals surface area contributed by atoms with Gasteiger partial charge in [0, 0.05) is 11.3 Å². The number of benzene rings is 2. The van der Waals surface area contributed by atoms with Crippen molar-refractivity contribution in [1.29, 1.82) is 0 Å². The summed E-state index contributed by atoms with van der Waals surface area (Å²) in [6.45, 7) is 2.06. The van der Waals surface area contributed by atoms with E-state index in [-0.39, 0.29) is 5.82 Å². The summed E-state index contributed by atoms with van der Waals surface area (Å²) >= 11 is 1.53. The molecule has 0 aliphatic carbocycles. The monoisotopic (exact) mass is 326 g/mol. The van der Waals surface area contributed by atoms with E-state index in [0.29, 0.717) is 10.7 Å². The highest BCUT2D eigenvalue weighted by Crippen LogP contribution is 2.20. The fourth-order valence-corrected chi connectivity index (χ4v) is 2.75. The quantitative estimate of drug-likeness (QED) is 0.527. The number of hydrogen-bond donors (Lipinski definition) is 0. The molecule has 0 N–H and O–H groups in total. The molecule has 116 valence electrons. The van der Waals surface area contributed by atoms with Crippen molar-refractivity contribution in [2.24, 2.45) is 5.10 Å². The van der Waals surface area contributed by atoms with E-state index in [2.05, 4.69) is 46.5 Å². The highest BCUT2D eigenvalue weighted by molar-refractivity contribution is 7.98. The predicted molar refractivity (Wildman–Crippen MR) is 90.2 cm³/mol. The third kappa shape index (κ3) is 4.04. The molecule has 1 heterocycles. The van der Waals surface area contributed by atoms with Gasteiger partial charge in [-0.1, -0.05) is 59.8 Å². The van der Waals surface area contributed by atoms with Crippen molar-refractivity contribution in [3.8, 4) is 0 Å². The number of aryl methyl sites for hydroxylation is 1. The maximum Gasteiger partial charge on any atom is 0.212 e. The molecule has 0 aliphatic rings. The lowest BCUT2D eigenvalue weighted by Gasteiger charge is -2.02. The van der Waals surface area contributed by atoms with Crippen LogP contribution in [0.25, 0.3) is 0 Å². The van der Waals surface area contributed by atoms with Crippen LogP contribution < -0.4 is 0 Å². The maximum absolute atomic E-state index is 13.6. The van der Waals surface area contributed by atoms with Gasteiger partial charge in [-0.3, -0.25) is 0 Å². The van der Waals surface area contributed by atoms with Crippen LogP contribution in [0.15, 0.2) is 65.1 Å². The summed E-state index contributed by atoms with van der Waals surface area (Å²) in [5.74, 6) is 0.465. The zero-order chi connectivity index (χ0) is 16.1. The molecule has 2 aromatic carbocycles. The van der Waals surface area contributed by atoms with Gasteiger partial charge < -0.3 is 0 Å². The molecular weight excluding hydrogens is 311 g/mol. The van der Waals surface area contributed by atoms with Crippen LogP contribution in [-0.4, -0.2) is 21.1 Å². The number of nitrogens with zero attached hydrogens (tertiary/aromatic N) is 4. The lowest BCUT2D eigenvalue weighted by atomic mass is 10.2. The van der Waals surface area contributed by atoms with Crippen molar-refractivity contribution < 1.29 is 4.39 Å². The third-order valence-corrected chi connectivity index (χ3v) is 4.22. The summed E-state index contributed by atoms with van der Waals surface area (Å²) in [5.41, 5.74) is 2.86. The van der Waals surface area contributed by atoms with E-state index in [1.54, 1.807) is 22.9 Å². The molecule has 0 fully saturated rings. The zero-order valence-corrected chi connectivity index (χ0v) is 13.4. The van der Waals surface area contributed by atoms with Gasteiger partial charge in [0.15, 0.2) is 0 Å². The van der Waals surface area contributed by atoms with Gasteiger partial charge in [0.2, 0.25) is 5.16 Å². The molecule has 0 aliphatic heterocycles. The summed E-state index contributed by atoms with van der Waals surface area (Å²) in [6.07, 6.45) is 2.98.